The normalized spacial score (nSPS) is 10.2. The average molecular weight is 299 g/mol. The van der Waals surface area contributed by atoms with E-state index in [9.17, 15) is 9.65 Å². The Balaban J connectivity index is 2.19. The summed E-state index contributed by atoms with van der Waals surface area (Å²) in [4.78, 5) is 1.72. The fourth-order valence-corrected chi connectivity index (χ4v) is 2.08. The molecule has 0 aliphatic carbocycles. The maximum atomic E-state index is 13.9. The van der Waals surface area contributed by atoms with Crippen molar-refractivity contribution in [2.24, 2.45) is 0 Å². The van der Waals surface area contributed by atoms with Crippen molar-refractivity contribution in [2.75, 3.05) is 24.3 Å². The van der Waals surface area contributed by atoms with Gasteiger partial charge in [-0.1, -0.05) is 6.07 Å². The predicted octanol–water partition coefficient (Wildman–Crippen LogP) is 2.78. The second-order valence-electron chi connectivity index (χ2n) is 5.28. The SMILES string of the molecule is Cc1nnc(NCc2ccc(N(C)C)c(F)c2)c(C#N)c1C. The van der Waals surface area contributed by atoms with Crippen molar-refractivity contribution in [3.8, 4) is 6.07 Å². The molecule has 0 atom stereocenters. The number of hydrogen-bond acceptors (Lipinski definition) is 5. The van der Waals surface area contributed by atoms with Crippen molar-refractivity contribution in [2.45, 2.75) is 20.4 Å². The second kappa shape index (κ2) is 6.39. The minimum Gasteiger partial charge on any atom is -0.375 e. The van der Waals surface area contributed by atoms with Crippen LogP contribution in [0.2, 0.25) is 0 Å². The molecular weight excluding hydrogens is 281 g/mol. The van der Waals surface area contributed by atoms with Crippen molar-refractivity contribution in [1.82, 2.24) is 10.2 Å². The van der Waals surface area contributed by atoms with Crippen molar-refractivity contribution in [3.63, 3.8) is 0 Å². The Morgan fingerprint density at radius 2 is 2.00 bits per heavy atom. The Morgan fingerprint density at radius 3 is 2.59 bits per heavy atom. The summed E-state index contributed by atoms with van der Waals surface area (Å²) >= 11 is 0. The van der Waals surface area contributed by atoms with Gasteiger partial charge in [-0.05, 0) is 37.1 Å². The molecule has 1 aromatic carbocycles. The summed E-state index contributed by atoms with van der Waals surface area (Å²) in [6, 6.07) is 7.17. The van der Waals surface area contributed by atoms with E-state index >= 15 is 0 Å². The van der Waals surface area contributed by atoms with E-state index in [0.717, 1.165) is 16.8 Å². The first-order chi connectivity index (χ1) is 10.4. The zero-order valence-electron chi connectivity index (χ0n) is 13.1. The van der Waals surface area contributed by atoms with Crippen molar-refractivity contribution in [1.29, 1.82) is 5.26 Å². The summed E-state index contributed by atoms with van der Waals surface area (Å²) in [5.74, 6) is 0.138. The van der Waals surface area contributed by atoms with E-state index in [4.69, 9.17) is 0 Å². The minimum absolute atomic E-state index is 0.282. The van der Waals surface area contributed by atoms with Crippen LogP contribution >= 0.6 is 0 Å². The molecule has 2 rings (SSSR count). The second-order valence-corrected chi connectivity index (χ2v) is 5.28. The van der Waals surface area contributed by atoms with Crippen LogP contribution in [0.25, 0.3) is 0 Å². The number of rotatable bonds is 4. The number of anilines is 2. The molecule has 0 saturated carbocycles. The highest BCUT2D eigenvalue weighted by atomic mass is 19.1. The third-order valence-electron chi connectivity index (χ3n) is 3.52. The molecule has 22 heavy (non-hydrogen) atoms. The molecule has 6 heteroatoms. The Bertz CT molecular complexity index is 734. The van der Waals surface area contributed by atoms with Crippen LogP contribution in [0.1, 0.15) is 22.4 Å². The number of nitrogens with one attached hydrogen (secondary N) is 1. The van der Waals surface area contributed by atoms with E-state index in [2.05, 4.69) is 21.6 Å². The van der Waals surface area contributed by atoms with Crippen molar-refractivity contribution < 1.29 is 4.39 Å². The number of halogens is 1. The summed E-state index contributed by atoms with van der Waals surface area (Å²) in [6.45, 7) is 4.01. The molecule has 0 saturated heterocycles. The van der Waals surface area contributed by atoms with Gasteiger partial charge in [0.1, 0.15) is 17.4 Å². The first-order valence-corrected chi connectivity index (χ1v) is 6.87. The Hall–Kier alpha value is -2.68. The highest BCUT2D eigenvalue weighted by Gasteiger charge is 2.11. The topological polar surface area (TPSA) is 64.8 Å². The first-order valence-electron chi connectivity index (χ1n) is 6.87. The molecule has 2 aromatic rings. The molecular formula is C16H18FN5. The van der Waals surface area contributed by atoms with Gasteiger partial charge in [0.2, 0.25) is 0 Å². The van der Waals surface area contributed by atoms with Crippen LogP contribution in [0, 0.1) is 31.0 Å². The molecule has 114 valence electrons. The number of aromatic nitrogens is 2. The lowest BCUT2D eigenvalue weighted by atomic mass is 10.1. The molecule has 0 fully saturated rings. The lowest BCUT2D eigenvalue weighted by Gasteiger charge is -2.15. The van der Waals surface area contributed by atoms with Crippen molar-refractivity contribution >= 4 is 11.5 Å². The number of nitrogens with zero attached hydrogens (tertiary/aromatic N) is 4. The van der Waals surface area contributed by atoms with Crippen LogP contribution in [0.15, 0.2) is 18.2 Å². The molecule has 0 amide bonds. The summed E-state index contributed by atoms with van der Waals surface area (Å²) in [7, 11) is 3.58. The quantitative estimate of drug-likeness (QED) is 0.940. The third kappa shape index (κ3) is 3.14. The van der Waals surface area contributed by atoms with Gasteiger partial charge in [-0.2, -0.15) is 10.4 Å². The Morgan fingerprint density at radius 1 is 1.27 bits per heavy atom. The molecule has 1 aromatic heterocycles. The smallest absolute Gasteiger partial charge is 0.167 e. The zero-order chi connectivity index (χ0) is 16.3. The van der Waals surface area contributed by atoms with Gasteiger partial charge in [0.05, 0.1) is 11.4 Å². The first kappa shape index (κ1) is 15.7. The van der Waals surface area contributed by atoms with Gasteiger partial charge >= 0.3 is 0 Å². The fraction of sp³-hybridized carbons (Fsp3) is 0.312. The Labute approximate surface area is 129 Å². The monoisotopic (exact) mass is 299 g/mol. The molecule has 0 spiro atoms. The number of hydrogen-bond donors (Lipinski definition) is 1. The molecule has 1 heterocycles. The van der Waals surface area contributed by atoms with Crippen LogP contribution in [-0.4, -0.2) is 24.3 Å². The van der Waals surface area contributed by atoms with E-state index < -0.39 is 0 Å². The number of benzene rings is 1. The molecule has 5 nitrogen and oxygen atoms in total. The van der Waals surface area contributed by atoms with E-state index in [1.54, 1.807) is 25.1 Å². The van der Waals surface area contributed by atoms with E-state index in [1.165, 1.54) is 6.07 Å². The lowest BCUT2D eigenvalue weighted by molar-refractivity contribution is 0.624. The van der Waals surface area contributed by atoms with Gasteiger partial charge in [0, 0.05) is 20.6 Å². The van der Waals surface area contributed by atoms with E-state index in [1.807, 2.05) is 19.9 Å². The highest BCUT2D eigenvalue weighted by molar-refractivity contribution is 5.56. The molecule has 0 unspecified atom stereocenters. The van der Waals surface area contributed by atoms with Gasteiger partial charge in [0.25, 0.3) is 0 Å². The maximum absolute atomic E-state index is 13.9. The van der Waals surface area contributed by atoms with Gasteiger partial charge in [-0.3, -0.25) is 0 Å². The predicted molar refractivity (Wildman–Crippen MR) is 84.3 cm³/mol. The van der Waals surface area contributed by atoms with Crippen LogP contribution in [0.5, 0.6) is 0 Å². The van der Waals surface area contributed by atoms with Crippen LogP contribution < -0.4 is 10.2 Å². The zero-order valence-corrected chi connectivity index (χ0v) is 13.1. The lowest BCUT2D eigenvalue weighted by Crippen LogP contribution is -2.11. The summed E-state index contributed by atoms with van der Waals surface area (Å²) in [6.07, 6.45) is 0. The summed E-state index contributed by atoms with van der Waals surface area (Å²) < 4.78 is 13.9. The van der Waals surface area contributed by atoms with Crippen LogP contribution in [0.4, 0.5) is 15.9 Å². The number of aryl methyl sites for hydroxylation is 1. The maximum Gasteiger partial charge on any atom is 0.167 e. The number of nitriles is 1. The molecule has 0 bridgehead atoms. The minimum atomic E-state index is -0.282. The molecule has 0 aliphatic heterocycles. The highest BCUT2D eigenvalue weighted by Crippen LogP contribution is 2.20. The summed E-state index contributed by atoms with van der Waals surface area (Å²) in [5.41, 5.74) is 3.30. The van der Waals surface area contributed by atoms with Gasteiger partial charge in [-0.25, -0.2) is 4.39 Å². The van der Waals surface area contributed by atoms with E-state index in [0.29, 0.717) is 23.6 Å². The van der Waals surface area contributed by atoms with Gasteiger partial charge in [0.15, 0.2) is 5.82 Å². The van der Waals surface area contributed by atoms with Crippen molar-refractivity contribution in [3.05, 3.63) is 46.4 Å². The van der Waals surface area contributed by atoms with E-state index in [-0.39, 0.29) is 5.82 Å². The van der Waals surface area contributed by atoms with Gasteiger partial charge in [-0.15, -0.1) is 5.10 Å². The molecule has 0 radical (unpaired) electrons. The standard InChI is InChI=1S/C16H18FN5/c1-10-11(2)20-21-16(13(10)8-18)19-9-12-5-6-15(22(3)4)14(17)7-12/h5-7H,9H2,1-4H3,(H,19,21). The Kier molecular flexibility index (Phi) is 4.56. The molecule has 0 aliphatic rings. The summed E-state index contributed by atoms with van der Waals surface area (Å²) in [5, 5.41) is 20.3. The van der Waals surface area contributed by atoms with Crippen LogP contribution in [0.3, 0.4) is 0 Å². The van der Waals surface area contributed by atoms with Gasteiger partial charge < -0.3 is 10.2 Å². The molecule has 1 N–H and O–H groups in total. The average Bonchev–Trinajstić information content (AvgIpc) is 2.48. The third-order valence-corrected chi connectivity index (χ3v) is 3.52. The fourth-order valence-electron chi connectivity index (χ4n) is 2.08. The van der Waals surface area contributed by atoms with Crippen LogP contribution in [-0.2, 0) is 6.54 Å². The largest absolute Gasteiger partial charge is 0.375 e.